The van der Waals surface area contributed by atoms with E-state index in [1.165, 1.54) is 23.1 Å². The van der Waals surface area contributed by atoms with E-state index >= 15 is 0 Å². The number of fused-ring (bicyclic) bond motifs is 1. The molecule has 0 aliphatic carbocycles. The number of aromatic nitrogens is 3. The minimum absolute atomic E-state index is 0.0533. The molecular weight excluding hydrogens is 428 g/mol. The standard InChI is InChI=1S/C23H22N4O2S2/c1-13-8-7-11-18-20(13)26-23(31-18)25-19(28)12-17-14(2)24-22(27-21(17)29)30-15(3)16-9-5-4-6-10-16/h4-11,15H,12H2,1-3H3,(H,24,27,29)(H,25,26,28). The van der Waals surface area contributed by atoms with Gasteiger partial charge in [-0.15, -0.1) is 0 Å². The average Bonchev–Trinajstić information content (AvgIpc) is 3.15. The minimum Gasteiger partial charge on any atom is -0.302 e. The Labute approximate surface area is 188 Å². The summed E-state index contributed by atoms with van der Waals surface area (Å²) < 4.78 is 1.01. The van der Waals surface area contributed by atoms with Gasteiger partial charge in [0.1, 0.15) is 0 Å². The van der Waals surface area contributed by atoms with Gasteiger partial charge in [-0.05, 0) is 38.0 Å². The summed E-state index contributed by atoms with van der Waals surface area (Å²) in [6.07, 6.45) is -0.0533. The number of hydrogen-bond acceptors (Lipinski definition) is 6. The third-order valence-electron chi connectivity index (χ3n) is 4.96. The molecule has 1 atom stereocenters. The molecule has 4 aromatic rings. The number of aromatic amines is 1. The van der Waals surface area contributed by atoms with Gasteiger partial charge in [-0.25, -0.2) is 9.97 Å². The number of aryl methyl sites for hydroxylation is 2. The Hall–Kier alpha value is -2.97. The summed E-state index contributed by atoms with van der Waals surface area (Å²) in [5.74, 6) is -0.287. The maximum absolute atomic E-state index is 12.7. The van der Waals surface area contributed by atoms with Gasteiger partial charge in [-0.2, -0.15) is 0 Å². The lowest BCUT2D eigenvalue weighted by atomic mass is 10.1. The van der Waals surface area contributed by atoms with E-state index < -0.39 is 0 Å². The second kappa shape index (κ2) is 9.03. The number of carbonyl (C=O) groups excluding carboxylic acids is 1. The van der Waals surface area contributed by atoms with Gasteiger partial charge in [0.05, 0.1) is 16.6 Å². The van der Waals surface area contributed by atoms with Gasteiger partial charge < -0.3 is 10.3 Å². The van der Waals surface area contributed by atoms with Crippen molar-refractivity contribution in [3.8, 4) is 0 Å². The first kappa shape index (κ1) is 21.3. The van der Waals surface area contributed by atoms with E-state index in [2.05, 4.69) is 27.2 Å². The highest BCUT2D eigenvalue weighted by Gasteiger charge is 2.16. The van der Waals surface area contributed by atoms with Crippen LogP contribution in [0, 0.1) is 13.8 Å². The SMILES string of the molecule is Cc1nc(SC(C)c2ccccc2)[nH]c(=O)c1CC(=O)Nc1nc2c(C)cccc2s1. The lowest BCUT2D eigenvalue weighted by Gasteiger charge is -2.12. The van der Waals surface area contributed by atoms with Crippen molar-refractivity contribution in [3.63, 3.8) is 0 Å². The molecule has 8 heteroatoms. The summed E-state index contributed by atoms with van der Waals surface area (Å²) in [4.78, 5) is 37.1. The van der Waals surface area contributed by atoms with Crippen LogP contribution in [0.3, 0.4) is 0 Å². The zero-order valence-electron chi connectivity index (χ0n) is 17.4. The van der Waals surface area contributed by atoms with E-state index in [9.17, 15) is 9.59 Å². The van der Waals surface area contributed by atoms with E-state index in [4.69, 9.17) is 0 Å². The van der Waals surface area contributed by atoms with Gasteiger partial charge >= 0.3 is 0 Å². The van der Waals surface area contributed by atoms with Gasteiger partial charge in [-0.3, -0.25) is 9.59 Å². The van der Waals surface area contributed by atoms with Crippen LogP contribution in [0.1, 0.15) is 34.6 Å². The quantitative estimate of drug-likeness (QED) is 0.318. The molecule has 158 valence electrons. The molecule has 0 fully saturated rings. The molecular formula is C23H22N4O2S2. The predicted octanol–water partition coefficient (Wildman–Crippen LogP) is 5.03. The summed E-state index contributed by atoms with van der Waals surface area (Å²) in [7, 11) is 0. The van der Waals surface area contributed by atoms with Crippen molar-refractivity contribution in [2.24, 2.45) is 0 Å². The van der Waals surface area contributed by atoms with Crippen LogP contribution < -0.4 is 10.9 Å². The normalized spacial score (nSPS) is 12.1. The number of amides is 1. The number of H-pyrrole nitrogens is 1. The van der Waals surface area contributed by atoms with Crippen LogP contribution in [0.4, 0.5) is 5.13 Å². The molecule has 1 unspecified atom stereocenters. The van der Waals surface area contributed by atoms with Crippen LogP contribution in [0.5, 0.6) is 0 Å². The molecule has 31 heavy (non-hydrogen) atoms. The van der Waals surface area contributed by atoms with Crippen molar-refractivity contribution in [2.45, 2.75) is 37.6 Å². The van der Waals surface area contributed by atoms with Gasteiger partial charge in [0.25, 0.3) is 5.56 Å². The fourth-order valence-electron chi connectivity index (χ4n) is 3.27. The minimum atomic E-state index is -0.287. The second-order valence-electron chi connectivity index (χ2n) is 7.27. The van der Waals surface area contributed by atoms with Gasteiger partial charge in [-0.1, -0.05) is 65.6 Å². The van der Waals surface area contributed by atoms with Crippen LogP contribution in [0.2, 0.25) is 0 Å². The second-order valence-corrected chi connectivity index (χ2v) is 9.63. The molecule has 0 saturated heterocycles. The van der Waals surface area contributed by atoms with Crippen molar-refractivity contribution in [1.29, 1.82) is 0 Å². The highest BCUT2D eigenvalue weighted by Crippen LogP contribution is 2.32. The lowest BCUT2D eigenvalue weighted by Crippen LogP contribution is -2.23. The van der Waals surface area contributed by atoms with E-state index in [0.717, 1.165) is 21.3 Å². The number of benzene rings is 2. The van der Waals surface area contributed by atoms with Crippen LogP contribution in [0.15, 0.2) is 58.5 Å². The largest absolute Gasteiger partial charge is 0.302 e. The first-order valence-corrected chi connectivity index (χ1v) is 11.6. The highest BCUT2D eigenvalue weighted by atomic mass is 32.2. The Bertz CT molecular complexity index is 1300. The molecule has 2 aromatic heterocycles. The van der Waals surface area contributed by atoms with E-state index in [0.29, 0.717) is 21.5 Å². The third-order valence-corrected chi connectivity index (χ3v) is 6.94. The fraction of sp³-hybridized carbons (Fsp3) is 0.217. The summed E-state index contributed by atoms with van der Waals surface area (Å²) in [6, 6.07) is 16.0. The van der Waals surface area contributed by atoms with E-state index in [1.807, 2.05) is 55.5 Å². The Morgan fingerprint density at radius 2 is 1.90 bits per heavy atom. The molecule has 0 aliphatic heterocycles. The zero-order chi connectivity index (χ0) is 22.0. The number of para-hydroxylation sites is 1. The molecule has 0 saturated carbocycles. The molecule has 0 radical (unpaired) electrons. The van der Waals surface area contributed by atoms with Crippen LogP contribution in [-0.4, -0.2) is 20.9 Å². The predicted molar refractivity (Wildman–Crippen MR) is 127 cm³/mol. The van der Waals surface area contributed by atoms with Gasteiger partial charge in [0.2, 0.25) is 5.91 Å². The molecule has 1 amide bonds. The van der Waals surface area contributed by atoms with Crippen LogP contribution in [-0.2, 0) is 11.2 Å². The van der Waals surface area contributed by atoms with Gasteiger partial charge in [0.15, 0.2) is 10.3 Å². The average molecular weight is 451 g/mol. The van der Waals surface area contributed by atoms with Gasteiger partial charge in [0, 0.05) is 16.5 Å². The molecule has 0 bridgehead atoms. The maximum Gasteiger partial charge on any atom is 0.255 e. The van der Waals surface area contributed by atoms with Crippen molar-refractivity contribution < 1.29 is 4.79 Å². The summed E-state index contributed by atoms with van der Waals surface area (Å²) in [6.45, 7) is 5.81. The summed E-state index contributed by atoms with van der Waals surface area (Å²) >= 11 is 2.90. The molecule has 6 nitrogen and oxygen atoms in total. The maximum atomic E-state index is 12.7. The Balaban J connectivity index is 1.47. The first-order valence-electron chi connectivity index (χ1n) is 9.88. The number of rotatable bonds is 6. The van der Waals surface area contributed by atoms with Crippen LogP contribution >= 0.6 is 23.1 Å². The van der Waals surface area contributed by atoms with Crippen molar-refractivity contribution in [2.75, 3.05) is 5.32 Å². The first-order chi connectivity index (χ1) is 14.9. The Morgan fingerprint density at radius 3 is 2.61 bits per heavy atom. The molecule has 4 rings (SSSR count). The number of carbonyl (C=O) groups is 1. The fourth-order valence-corrected chi connectivity index (χ4v) is 5.20. The number of nitrogens with one attached hydrogen (secondary N) is 2. The molecule has 2 heterocycles. The highest BCUT2D eigenvalue weighted by molar-refractivity contribution is 7.99. The van der Waals surface area contributed by atoms with E-state index in [1.54, 1.807) is 6.92 Å². The van der Waals surface area contributed by atoms with Crippen LogP contribution in [0.25, 0.3) is 10.2 Å². The Morgan fingerprint density at radius 1 is 1.13 bits per heavy atom. The zero-order valence-corrected chi connectivity index (χ0v) is 19.1. The third kappa shape index (κ3) is 4.86. The number of thioether (sulfide) groups is 1. The van der Waals surface area contributed by atoms with Crippen molar-refractivity contribution in [1.82, 2.24) is 15.0 Å². The monoisotopic (exact) mass is 450 g/mol. The molecule has 0 spiro atoms. The molecule has 2 N–H and O–H groups in total. The topological polar surface area (TPSA) is 87.7 Å². The lowest BCUT2D eigenvalue weighted by molar-refractivity contribution is -0.115. The number of thiazole rings is 1. The molecule has 2 aromatic carbocycles. The number of anilines is 1. The number of hydrogen-bond donors (Lipinski definition) is 2. The smallest absolute Gasteiger partial charge is 0.255 e. The van der Waals surface area contributed by atoms with Crippen molar-refractivity contribution >= 4 is 44.4 Å². The van der Waals surface area contributed by atoms with E-state index in [-0.39, 0.29) is 23.1 Å². The number of nitrogens with zero attached hydrogens (tertiary/aromatic N) is 2. The summed E-state index contributed by atoms with van der Waals surface area (Å²) in [5, 5.41) is 4.03. The molecule has 0 aliphatic rings. The summed E-state index contributed by atoms with van der Waals surface area (Å²) in [5.41, 5.74) is 3.73. The Kier molecular flexibility index (Phi) is 6.20. The van der Waals surface area contributed by atoms with Crippen molar-refractivity contribution in [3.05, 3.63) is 81.3 Å².